The predicted molar refractivity (Wildman–Crippen MR) is 86.9 cm³/mol. The Labute approximate surface area is 136 Å². The van der Waals surface area contributed by atoms with Gasteiger partial charge < -0.3 is 10.1 Å². The molecule has 0 unspecified atom stereocenters. The second-order valence-electron chi connectivity index (χ2n) is 4.37. The summed E-state index contributed by atoms with van der Waals surface area (Å²) < 4.78 is 6.77. The van der Waals surface area contributed by atoms with Crippen LogP contribution in [-0.4, -0.2) is 23.5 Å². The number of anilines is 1. The monoisotopic (exact) mass is 371 g/mol. The lowest BCUT2D eigenvalue weighted by atomic mass is 10.2. The van der Waals surface area contributed by atoms with Gasteiger partial charge in [0.05, 0.1) is 25.0 Å². The Morgan fingerprint density at radius 1 is 1.38 bits per heavy atom. The van der Waals surface area contributed by atoms with Gasteiger partial charge in [0.25, 0.3) is 5.56 Å². The topological polar surface area (TPSA) is 56.1 Å². The van der Waals surface area contributed by atoms with Crippen molar-refractivity contribution in [2.45, 2.75) is 13.1 Å². The molecule has 0 atom stereocenters. The molecule has 0 amide bonds. The number of nitrogens with one attached hydrogen (secondary N) is 1. The molecule has 1 aromatic carbocycles. The Balaban J connectivity index is 2.08. The van der Waals surface area contributed by atoms with Crippen molar-refractivity contribution in [3.05, 3.63) is 55.9 Å². The van der Waals surface area contributed by atoms with Gasteiger partial charge >= 0.3 is 0 Å². The molecule has 0 radical (unpaired) electrons. The van der Waals surface area contributed by atoms with Crippen LogP contribution in [0.1, 0.15) is 5.56 Å². The lowest BCUT2D eigenvalue weighted by Crippen LogP contribution is -2.26. The van der Waals surface area contributed by atoms with Crippen LogP contribution in [0.3, 0.4) is 0 Å². The number of aromatic nitrogens is 2. The van der Waals surface area contributed by atoms with E-state index in [1.54, 1.807) is 13.3 Å². The van der Waals surface area contributed by atoms with Crippen molar-refractivity contribution < 1.29 is 4.74 Å². The maximum Gasteiger partial charge on any atom is 0.283 e. The minimum Gasteiger partial charge on any atom is -0.383 e. The minimum atomic E-state index is -0.187. The van der Waals surface area contributed by atoms with E-state index in [0.717, 1.165) is 5.56 Å². The third-order valence-electron chi connectivity index (χ3n) is 2.89. The molecule has 1 heterocycles. The van der Waals surface area contributed by atoms with Gasteiger partial charge in [-0.05, 0) is 33.6 Å². The maximum atomic E-state index is 12.1. The maximum absolute atomic E-state index is 12.1. The molecule has 7 heteroatoms. The first-order chi connectivity index (χ1) is 10.1. The van der Waals surface area contributed by atoms with Gasteiger partial charge in [-0.2, -0.15) is 5.10 Å². The number of rotatable bonds is 6. The van der Waals surface area contributed by atoms with Crippen molar-refractivity contribution in [3.8, 4) is 0 Å². The van der Waals surface area contributed by atoms with Crippen LogP contribution < -0.4 is 10.9 Å². The van der Waals surface area contributed by atoms with E-state index in [0.29, 0.717) is 34.9 Å². The van der Waals surface area contributed by atoms with Crippen LogP contribution in [0, 0.1) is 0 Å². The van der Waals surface area contributed by atoms with Crippen molar-refractivity contribution >= 4 is 33.2 Å². The molecule has 0 aliphatic rings. The van der Waals surface area contributed by atoms with Crippen LogP contribution >= 0.6 is 27.5 Å². The highest BCUT2D eigenvalue weighted by molar-refractivity contribution is 9.10. The van der Waals surface area contributed by atoms with Crippen LogP contribution in [0.25, 0.3) is 0 Å². The lowest BCUT2D eigenvalue weighted by Gasteiger charge is -2.10. The van der Waals surface area contributed by atoms with Gasteiger partial charge in [0.1, 0.15) is 4.47 Å². The standard InChI is InChI=1S/C14H15BrClN3O2/c1-21-7-6-19-14(20)13(15)12(9-18-19)17-8-10-2-4-11(16)5-3-10/h2-5,9,17H,6-8H2,1H3. The van der Waals surface area contributed by atoms with E-state index < -0.39 is 0 Å². The molecule has 112 valence electrons. The summed E-state index contributed by atoms with van der Waals surface area (Å²) in [6.45, 7) is 1.45. The molecule has 1 aromatic heterocycles. The highest BCUT2D eigenvalue weighted by atomic mass is 79.9. The molecular weight excluding hydrogens is 358 g/mol. The fourth-order valence-electron chi connectivity index (χ4n) is 1.72. The first-order valence-corrected chi connectivity index (χ1v) is 7.52. The van der Waals surface area contributed by atoms with Gasteiger partial charge in [-0.15, -0.1) is 0 Å². The van der Waals surface area contributed by atoms with Crippen molar-refractivity contribution in [2.75, 3.05) is 19.0 Å². The zero-order valence-electron chi connectivity index (χ0n) is 11.5. The van der Waals surface area contributed by atoms with Crippen molar-refractivity contribution in [1.29, 1.82) is 0 Å². The normalized spacial score (nSPS) is 10.6. The fourth-order valence-corrected chi connectivity index (χ4v) is 2.30. The summed E-state index contributed by atoms with van der Waals surface area (Å²) >= 11 is 9.15. The van der Waals surface area contributed by atoms with Gasteiger partial charge in [-0.25, -0.2) is 4.68 Å². The van der Waals surface area contributed by atoms with Crippen molar-refractivity contribution in [2.24, 2.45) is 0 Å². The summed E-state index contributed by atoms with van der Waals surface area (Å²) in [7, 11) is 1.59. The number of halogens is 2. The van der Waals surface area contributed by atoms with Crippen LogP contribution in [0.5, 0.6) is 0 Å². The number of hydrogen-bond acceptors (Lipinski definition) is 4. The molecule has 0 bridgehead atoms. The second-order valence-corrected chi connectivity index (χ2v) is 5.60. The van der Waals surface area contributed by atoms with Gasteiger partial charge in [0.2, 0.25) is 0 Å². The molecule has 2 aromatic rings. The predicted octanol–water partition coefficient (Wildman–Crippen LogP) is 2.92. The Kier molecular flexibility index (Phi) is 5.78. The van der Waals surface area contributed by atoms with E-state index in [-0.39, 0.29) is 5.56 Å². The summed E-state index contributed by atoms with van der Waals surface area (Å²) in [5.41, 5.74) is 1.53. The Bertz CT molecular complexity index is 658. The third kappa shape index (κ3) is 4.30. The fraction of sp³-hybridized carbons (Fsp3) is 0.286. The largest absolute Gasteiger partial charge is 0.383 e. The number of methoxy groups -OCH3 is 1. The number of ether oxygens (including phenoxy) is 1. The molecule has 0 saturated heterocycles. The van der Waals surface area contributed by atoms with E-state index >= 15 is 0 Å². The zero-order valence-corrected chi connectivity index (χ0v) is 13.8. The van der Waals surface area contributed by atoms with Gasteiger partial charge in [-0.1, -0.05) is 23.7 Å². The van der Waals surface area contributed by atoms with Crippen molar-refractivity contribution in [1.82, 2.24) is 9.78 Å². The van der Waals surface area contributed by atoms with Crippen LogP contribution in [-0.2, 0) is 17.8 Å². The summed E-state index contributed by atoms with van der Waals surface area (Å²) in [5.74, 6) is 0. The molecule has 21 heavy (non-hydrogen) atoms. The number of hydrogen-bond donors (Lipinski definition) is 1. The van der Waals surface area contributed by atoms with Gasteiger partial charge in [0.15, 0.2) is 0 Å². The molecule has 0 spiro atoms. The lowest BCUT2D eigenvalue weighted by molar-refractivity contribution is 0.181. The molecule has 5 nitrogen and oxygen atoms in total. The van der Waals surface area contributed by atoms with E-state index in [9.17, 15) is 4.79 Å². The molecule has 0 fully saturated rings. The Hall–Kier alpha value is -1.37. The van der Waals surface area contributed by atoms with E-state index in [1.807, 2.05) is 24.3 Å². The SMILES string of the molecule is COCCn1ncc(NCc2ccc(Cl)cc2)c(Br)c1=O. The van der Waals surface area contributed by atoms with Crippen molar-refractivity contribution in [3.63, 3.8) is 0 Å². The Morgan fingerprint density at radius 2 is 2.10 bits per heavy atom. The van der Waals surface area contributed by atoms with Crippen LogP contribution in [0.15, 0.2) is 39.7 Å². The van der Waals surface area contributed by atoms with E-state index in [1.165, 1.54) is 4.68 Å². The molecule has 0 aliphatic heterocycles. The minimum absolute atomic E-state index is 0.187. The average Bonchev–Trinajstić information content (AvgIpc) is 2.49. The van der Waals surface area contributed by atoms with E-state index in [4.69, 9.17) is 16.3 Å². The first kappa shape index (κ1) is 16.0. The summed E-state index contributed by atoms with van der Waals surface area (Å²) in [6, 6.07) is 7.51. The van der Waals surface area contributed by atoms with E-state index in [2.05, 4.69) is 26.3 Å². The van der Waals surface area contributed by atoms with Crippen LogP contribution in [0.4, 0.5) is 5.69 Å². The summed E-state index contributed by atoms with van der Waals surface area (Å²) in [4.78, 5) is 12.1. The molecular formula is C14H15BrClN3O2. The third-order valence-corrected chi connectivity index (χ3v) is 3.91. The summed E-state index contributed by atoms with van der Waals surface area (Å²) in [5, 5.41) is 7.99. The highest BCUT2D eigenvalue weighted by Gasteiger charge is 2.08. The molecule has 1 N–H and O–H groups in total. The number of nitrogens with zero attached hydrogens (tertiary/aromatic N) is 2. The molecule has 0 aliphatic carbocycles. The zero-order chi connectivity index (χ0) is 15.2. The average molecular weight is 373 g/mol. The van der Waals surface area contributed by atoms with Gasteiger partial charge in [-0.3, -0.25) is 4.79 Å². The number of benzene rings is 1. The second kappa shape index (κ2) is 7.59. The smallest absolute Gasteiger partial charge is 0.283 e. The van der Waals surface area contributed by atoms with Crippen LogP contribution in [0.2, 0.25) is 5.02 Å². The first-order valence-electron chi connectivity index (χ1n) is 6.34. The highest BCUT2D eigenvalue weighted by Crippen LogP contribution is 2.17. The molecule has 2 rings (SSSR count). The summed E-state index contributed by atoms with van der Waals surface area (Å²) in [6.07, 6.45) is 1.62. The Morgan fingerprint density at radius 3 is 2.76 bits per heavy atom. The quantitative estimate of drug-likeness (QED) is 0.847. The molecule has 0 saturated carbocycles. The van der Waals surface area contributed by atoms with Gasteiger partial charge in [0, 0.05) is 18.7 Å².